The van der Waals surface area contributed by atoms with E-state index in [0.717, 1.165) is 44.2 Å². The fourth-order valence-corrected chi connectivity index (χ4v) is 4.59. The average Bonchev–Trinajstić information content (AvgIpc) is 2.78. The summed E-state index contributed by atoms with van der Waals surface area (Å²) in [6, 6.07) is 7.84. The first-order valence-corrected chi connectivity index (χ1v) is 11.1. The molecule has 1 aromatic heterocycles. The van der Waals surface area contributed by atoms with Crippen molar-refractivity contribution in [3.63, 3.8) is 0 Å². The monoisotopic (exact) mass is 423 g/mol. The molecule has 4 rings (SSSR count). The van der Waals surface area contributed by atoms with Gasteiger partial charge in [0.25, 0.3) is 5.56 Å². The summed E-state index contributed by atoms with van der Waals surface area (Å²) in [7, 11) is 0. The van der Waals surface area contributed by atoms with Gasteiger partial charge in [0.05, 0.1) is 11.5 Å². The molecule has 31 heavy (non-hydrogen) atoms. The van der Waals surface area contributed by atoms with Crippen molar-refractivity contribution in [2.24, 2.45) is 0 Å². The van der Waals surface area contributed by atoms with Crippen LogP contribution in [0.25, 0.3) is 0 Å². The number of nitrogens with zero attached hydrogens (tertiary/aromatic N) is 2. The SMILES string of the molecule is CCc1ccccc1NC(=O)[C@H]1CC(=O)Nc2nc(N3CCCC[C@H]3CC)[nH]c(=O)c21. The number of fused-ring (bicyclic) bond motifs is 1. The zero-order chi connectivity index (χ0) is 22.0. The molecule has 0 radical (unpaired) electrons. The Bertz CT molecular complexity index is 1050. The number of nitrogens with one attached hydrogen (secondary N) is 3. The van der Waals surface area contributed by atoms with E-state index in [2.05, 4.69) is 32.4 Å². The molecule has 8 nitrogen and oxygen atoms in total. The molecule has 2 aliphatic rings. The van der Waals surface area contributed by atoms with E-state index in [1.807, 2.05) is 31.2 Å². The lowest BCUT2D eigenvalue weighted by atomic mass is 9.92. The molecule has 0 aliphatic carbocycles. The molecule has 3 N–H and O–H groups in total. The van der Waals surface area contributed by atoms with Crippen molar-refractivity contribution < 1.29 is 9.59 Å². The van der Waals surface area contributed by atoms with Crippen LogP contribution in [0.5, 0.6) is 0 Å². The Balaban J connectivity index is 1.67. The van der Waals surface area contributed by atoms with E-state index in [0.29, 0.717) is 17.7 Å². The van der Waals surface area contributed by atoms with Crippen molar-refractivity contribution in [2.45, 2.75) is 64.3 Å². The second-order valence-electron chi connectivity index (χ2n) is 8.21. The lowest BCUT2D eigenvalue weighted by Crippen LogP contribution is -2.43. The third kappa shape index (κ3) is 4.19. The zero-order valence-corrected chi connectivity index (χ0v) is 18.0. The normalized spacial score (nSPS) is 20.7. The number of benzene rings is 1. The van der Waals surface area contributed by atoms with Crippen LogP contribution in [0.1, 0.15) is 63.0 Å². The number of hydrogen-bond acceptors (Lipinski definition) is 5. The highest BCUT2D eigenvalue weighted by Crippen LogP contribution is 2.32. The van der Waals surface area contributed by atoms with Crippen LogP contribution in [-0.4, -0.2) is 34.4 Å². The van der Waals surface area contributed by atoms with Crippen LogP contribution in [0.3, 0.4) is 0 Å². The van der Waals surface area contributed by atoms with E-state index in [-0.39, 0.29) is 35.2 Å². The van der Waals surface area contributed by atoms with Gasteiger partial charge in [-0.15, -0.1) is 0 Å². The molecule has 3 heterocycles. The molecule has 2 aliphatic heterocycles. The molecule has 0 unspecified atom stereocenters. The molecule has 1 aromatic carbocycles. The molecule has 164 valence electrons. The molecular formula is C23H29N5O3. The number of carbonyl (C=O) groups excluding carboxylic acids is 2. The summed E-state index contributed by atoms with van der Waals surface area (Å²) in [4.78, 5) is 48.1. The van der Waals surface area contributed by atoms with Crippen LogP contribution >= 0.6 is 0 Å². The van der Waals surface area contributed by atoms with Crippen LogP contribution in [0.4, 0.5) is 17.5 Å². The maximum Gasteiger partial charge on any atom is 0.258 e. The number of H-pyrrole nitrogens is 1. The van der Waals surface area contributed by atoms with Gasteiger partial charge in [-0.3, -0.25) is 19.4 Å². The molecule has 1 fully saturated rings. The highest BCUT2D eigenvalue weighted by Gasteiger charge is 2.36. The quantitative estimate of drug-likeness (QED) is 0.685. The lowest BCUT2D eigenvalue weighted by Gasteiger charge is -2.36. The van der Waals surface area contributed by atoms with Gasteiger partial charge in [0, 0.05) is 24.7 Å². The maximum atomic E-state index is 13.1. The van der Waals surface area contributed by atoms with Gasteiger partial charge >= 0.3 is 0 Å². The van der Waals surface area contributed by atoms with Crippen molar-refractivity contribution in [3.8, 4) is 0 Å². The number of carbonyl (C=O) groups is 2. The Hall–Kier alpha value is -3.16. The molecule has 8 heteroatoms. The number of rotatable bonds is 5. The second kappa shape index (κ2) is 8.91. The first kappa shape index (κ1) is 21.1. The molecule has 2 atom stereocenters. The van der Waals surface area contributed by atoms with Crippen molar-refractivity contribution >= 4 is 29.3 Å². The minimum absolute atomic E-state index is 0.0848. The van der Waals surface area contributed by atoms with Crippen LogP contribution in [0, 0.1) is 0 Å². The first-order chi connectivity index (χ1) is 15.0. The molecule has 2 amide bonds. The van der Waals surface area contributed by atoms with Crippen LogP contribution in [0.15, 0.2) is 29.1 Å². The number of aromatic nitrogens is 2. The largest absolute Gasteiger partial charge is 0.339 e. The Labute approximate surface area is 181 Å². The van der Waals surface area contributed by atoms with Crippen LogP contribution in [-0.2, 0) is 16.0 Å². The summed E-state index contributed by atoms with van der Waals surface area (Å²) in [5.41, 5.74) is 1.54. The van der Waals surface area contributed by atoms with Gasteiger partial charge in [0.1, 0.15) is 5.82 Å². The Morgan fingerprint density at radius 1 is 1.23 bits per heavy atom. The first-order valence-electron chi connectivity index (χ1n) is 11.1. The standard InChI is InChI=1S/C23H29N5O3/c1-3-14-9-5-6-11-17(14)24-21(30)16-13-18(29)25-20-19(16)22(31)27-23(26-20)28-12-8-7-10-15(28)4-2/h5-6,9,11,15-16H,3-4,7-8,10,12-13H2,1-2H3,(H,24,30)(H2,25,26,27,29,31)/t15-,16+/m1/s1. The van der Waals surface area contributed by atoms with Gasteiger partial charge in [-0.05, 0) is 43.7 Å². The lowest BCUT2D eigenvalue weighted by molar-refractivity contribution is -0.123. The Morgan fingerprint density at radius 2 is 2.03 bits per heavy atom. The molecule has 0 bridgehead atoms. The topological polar surface area (TPSA) is 107 Å². The Morgan fingerprint density at radius 3 is 2.81 bits per heavy atom. The molecular weight excluding hydrogens is 394 g/mol. The number of aryl methyl sites for hydroxylation is 1. The summed E-state index contributed by atoms with van der Waals surface area (Å²) in [5.74, 6) is -0.915. The number of para-hydroxylation sites is 1. The van der Waals surface area contributed by atoms with Crippen molar-refractivity contribution in [2.75, 3.05) is 22.1 Å². The van der Waals surface area contributed by atoms with Crippen molar-refractivity contribution in [1.82, 2.24) is 9.97 Å². The number of anilines is 3. The minimum atomic E-state index is -0.887. The second-order valence-corrected chi connectivity index (χ2v) is 8.21. The van der Waals surface area contributed by atoms with Gasteiger partial charge < -0.3 is 15.5 Å². The summed E-state index contributed by atoms with van der Waals surface area (Å²) in [6.07, 6.45) is 4.87. The zero-order valence-electron chi connectivity index (χ0n) is 18.0. The highest BCUT2D eigenvalue weighted by atomic mass is 16.2. The van der Waals surface area contributed by atoms with Gasteiger partial charge in [-0.25, -0.2) is 0 Å². The van der Waals surface area contributed by atoms with E-state index in [1.165, 1.54) is 0 Å². The van der Waals surface area contributed by atoms with Crippen molar-refractivity contribution in [1.29, 1.82) is 0 Å². The summed E-state index contributed by atoms with van der Waals surface area (Å²) < 4.78 is 0. The smallest absolute Gasteiger partial charge is 0.258 e. The van der Waals surface area contributed by atoms with Gasteiger partial charge in [-0.1, -0.05) is 32.0 Å². The Kier molecular flexibility index (Phi) is 6.06. The third-order valence-corrected chi connectivity index (χ3v) is 6.28. The van der Waals surface area contributed by atoms with E-state index >= 15 is 0 Å². The van der Waals surface area contributed by atoms with Gasteiger partial charge in [-0.2, -0.15) is 4.98 Å². The van der Waals surface area contributed by atoms with E-state index < -0.39 is 5.92 Å². The van der Waals surface area contributed by atoms with Crippen LogP contribution in [0.2, 0.25) is 0 Å². The fourth-order valence-electron chi connectivity index (χ4n) is 4.59. The molecule has 1 saturated heterocycles. The average molecular weight is 424 g/mol. The van der Waals surface area contributed by atoms with E-state index in [9.17, 15) is 14.4 Å². The molecule has 2 aromatic rings. The molecule has 0 saturated carbocycles. The predicted octanol–water partition coefficient (Wildman–Crippen LogP) is 3.17. The van der Waals surface area contributed by atoms with E-state index in [1.54, 1.807) is 0 Å². The van der Waals surface area contributed by atoms with Crippen molar-refractivity contribution in [3.05, 3.63) is 45.7 Å². The summed E-state index contributed by atoms with van der Waals surface area (Å²) in [6.45, 7) is 4.94. The number of piperidine rings is 1. The van der Waals surface area contributed by atoms with E-state index in [4.69, 9.17) is 0 Å². The summed E-state index contributed by atoms with van der Waals surface area (Å²) in [5, 5.41) is 5.61. The van der Waals surface area contributed by atoms with Gasteiger partial charge in [0.15, 0.2) is 0 Å². The maximum absolute atomic E-state index is 13.1. The fraction of sp³-hybridized carbons (Fsp3) is 0.478. The van der Waals surface area contributed by atoms with Gasteiger partial charge in [0.2, 0.25) is 17.8 Å². The third-order valence-electron chi connectivity index (χ3n) is 6.28. The number of hydrogen-bond donors (Lipinski definition) is 3. The van der Waals surface area contributed by atoms with Crippen LogP contribution < -0.4 is 21.1 Å². The molecule has 0 spiro atoms. The highest BCUT2D eigenvalue weighted by molar-refractivity contribution is 6.04. The predicted molar refractivity (Wildman–Crippen MR) is 121 cm³/mol. The number of amides is 2. The number of aromatic amines is 1. The summed E-state index contributed by atoms with van der Waals surface area (Å²) >= 11 is 0. The minimum Gasteiger partial charge on any atom is -0.339 e.